The molecule has 4 rings (SSSR count). The van der Waals surface area contributed by atoms with Gasteiger partial charge in [0, 0.05) is 68.4 Å². The molecule has 0 spiro atoms. The zero-order valence-corrected chi connectivity index (χ0v) is 27.4. The molecule has 2 aromatic carbocycles. The first kappa shape index (κ1) is 36.2. The number of halogens is 2. The molecule has 10 nitrogen and oxygen atoms in total. The molecule has 1 atom stereocenters. The molecule has 1 unspecified atom stereocenters. The number of aromatic nitrogens is 2. The van der Waals surface area contributed by atoms with Gasteiger partial charge in [0.2, 0.25) is 5.95 Å². The topological polar surface area (TPSA) is 122 Å². The fourth-order valence-electron chi connectivity index (χ4n) is 5.54. The number of nitrogens with zero attached hydrogens (tertiary/aromatic N) is 5. The smallest absolute Gasteiger partial charge is 0.277 e. The normalized spacial score (nSPS) is 12.0. The molecule has 4 aromatic rings. The predicted molar refractivity (Wildman–Crippen MR) is 176 cm³/mol. The molecule has 0 saturated carbocycles. The summed E-state index contributed by atoms with van der Waals surface area (Å²) in [4.78, 5) is 36.7. The maximum absolute atomic E-state index is 14.5. The molecule has 2 amide bonds. The van der Waals surface area contributed by atoms with E-state index in [2.05, 4.69) is 28.7 Å². The molecule has 2 heterocycles. The molecule has 12 heteroatoms. The Kier molecular flexibility index (Phi) is 13.2. The Labute approximate surface area is 279 Å². The second-order valence-electron chi connectivity index (χ2n) is 12.5. The lowest BCUT2D eigenvalue weighted by atomic mass is 10.1. The lowest BCUT2D eigenvalue weighted by molar-refractivity contribution is -0.0682. The highest BCUT2D eigenvalue weighted by Crippen LogP contribution is 2.18. The fourth-order valence-corrected chi connectivity index (χ4v) is 5.54. The standard InChI is InChI=1S/C36H42F2N6O4/c1-25(2)18-42(23-29-8-13-34(38)40-16-29)21-28-6-11-31(12-7-28)36(46)44(48)20-26(3)19-43(24-32-14-15-39-17-33(32)37)22-27-4-9-30(10-5-27)35(45)41-47/h4-17,25-26,47-48H,18-24H2,1-3H3,(H,41,45). The van der Waals surface area contributed by atoms with Crippen LogP contribution in [0.3, 0.4) is 0 Å². The average molecular weight is 661 g/mol. The van der Waals surface area contributed by atoms with Crippen molar-refractivity contribution in [3.8, 4) is 0 Å². The van der Waals surface area contributed by atoms with Gasteiger partial charge in [0.25, 0.3) is 11.8 Å². The summed E-state index contributed by atoms with van der Waals surface area (Å²) in [5, 5.41) is 20.4. The molecule has 2 aromatic heterocycles. The van der Waals surface area contributed by atoms with Crippen molar-refractivity contribution in [2.24, 2.45) is 11.8 Å². The lowest BCUT2D eigenvalue weighted by Gasteiger charge is -2.28. The number of hydrogen-bond donors (Lipinski definition) is 3. The van der Waals surface area contributed by atoms with Crippen LogP contribution in [-0.2, 0) is 26.2 Å². The van der Waals surface area contributed by atoms with Gasteiger partial charge in [0.05, 0.1) is 12.7 Å². The number of nitrogens with one attached hydrogen (secondary N) is 1. The van der Waals surface area contributed by atoms with E-state index < -0.39 is 23.6 Å². The summed E-state index contributed by atoms with van der Waals surface area (Å²) in [7, 11) is 0. The summed E-state index contributed by atoms with van der Waals surface area (Å²) in [5.41, 5.74) is 5.44. The number of carbonyl (C=O) groups excluding carboxylic acids is 2. The Morgan fingerprint density at radius 3 is 1.90 bits per heavy atom. The van der Waals surface area contributed by atoms with Crippen molar-refractivity contribution in [3.05, 3.63) is 130 Å². The Morgan fingerprint density at radius 2 is 1.33 bits per heavy atom. The van der Waals surface area contributed by atoms with Gasteiger partial charge in [-0.05, 0) is 64.9 Å². The van der Waals surface area contributed by atoms with E-state index in [1.165, 1.54) is 18.5 Å². The van der Waals surface area contributed by atoms with Crippen molar-refractivity contribution in [2.75, 3.05) is 19.6 Å². The van der Waals surface area contributed by atoms with Crippen molar-refractivity contribution < 1.29 is 28.8 Å². The highest BCUT2D eigenvalue weighted by atomic mass is 19.1. The first-order valence-electron chi connectivity index (χ1n) is 15.8. The molecular formula is C36H42F2N6O4. The number of hydroxylamine groups is 3. The third-order valence-corrected chi connectivity index (χ3v) is 7.69. The predicted octanol–water partition coefficient (Wildman–Crippen LogP) is 5.70. The average Bonchev–Trinajstić information content (AvgIpc) is 3.06. The van der Waals surface area contributed by atoms with Crippen LogP contribution in [0.2, 0.25) is 0 Å². The van der Waals surface area contributed by atoms with Gasteiger partial charge in [-0.2, -0.15) is 4.39 Å². The minimum atomic E-state index is -0.624. The fraction of sp³-hybridized carbons (Fsp3) is 0.333. The van der Waals surface area contributed by atoms with Crippen molar-refractivity contribution in [1.82, 2.24) is 30.3 Å². The Hall–Kier alpha value is -4.62. The zero-order chi connectivity index (χ0) is 34.6. The van der Waals surface area contributed by atoms with Crippen LogP contribution in [0.4, 0.5) is 8.78 Å². The molecule has 0 aliphatic carbocycles. The molecular weight excluding hydrogens is 618 g/mol. The summed E-state index contributed by atoms with van der Waals surface area (Å²) >= 11 is 0. The Morgan fingerprint density at radius 1 is 0.750 bits per heavy atom. The molecule has 0 aliphatic rings. The molecule has 3 N–H and O–H groups in total. The zero-order valence-electron chi connectivity index (χ0n) is 27.4. The number of pyridine rings is 2. The molecule has 0 bridgehead atoms. The summed E-state index contributed by atoms with van der Waals surface area (Å²) in [6.07, 6.45) is 4.21. The third kappa shape index (κ3) is 11.0. The monoisotopic (exact) mass is 660 g/mol. The Balaban J connectivity index is 1.38. The minimum absolute atomic E-state index is 0.0411. The SMILES string of the molecule is CC(C)CN(Cc1ccc(C(=O)N(O)CC(C)CN(Cc2ccc(C(=O)NO)cc2)Cc2ccncc2F)cc1)Cc1ccc(F)nc1. The van der Waals surface area contributed by atoms with Crippen LogP contribution in [0.25, 0.3) is 0 Å². The van der Waals surface area contributed by atoms with Gasteiger partial charge in [-0.3, -0.25) is 34.8 Å². The number of benzene rings is 2. The second kappa shape index (κ2) is 17.5. The van der Waals surface area contributed by atoms with Gasteiger partial charge in [-0.1, -0.05) is 51.1 Å². The van der Waals surface area contributed by atoms with E-state index in [9.17, 15) is 23.6 Å². The molecule has 254 valence electrons. The van der Waals surface area contributed by atoms with Crippen molar-refractivity contribution in [2.45, 2.75) is 47.0 Å². The first-order chi connectivity index (χ1) is 23.0. The van der Waals surface area contributed by atoms with Gasteiger partial charge >= 0.3 is 0 Å². The van der Waals surface area contributed by atoms with E-state index >= 15 is 0 Å². The molecule has 0 radical (unpaired) electrons. The largest absolute Gasteiger partial charge is 0.295 e. The van der Waals surface area contributed by atoms with Crippen LogP contribution in [0, 0.1) is 23.6 Å². The highest BCUT2D eigenvalue weighted by molar-refractivity contribution is 5.93. The van der Waals surface area contributed by atoms with Crippen molar-refractivity contribution in [3.63, 3.8) is 0 Å². The molecule has 0 fully saturated rings. The maximum Gasteiger partial charge on any atom is 0.277 e. The number of hydrogen-bond acceptors (Lipinski definition) is 8. The molecule has 0 aliphatic heterocycles. The van der Waals surface area contributed by atoms with Crippen LogP contribution in [0.5, 0.6) is 0 Å². The maximum atomic E-state index is 14.5. The third-order valence-electron chi connectivity index (χ3n) is 7.69. The molecule has 0 saturated heterocycles. The summed E-state index contributed by atoms with van der Waals surface area (Å²) in [6, 6.07) is 18.5. The van der Waals surface area contributed by atoms with Gasteiger partial charge in [-0.25, -0.2) is 19.9 Å². The van der Waals surface area contributed by atoms with Crippen LogP contribution >= 0.6 is 0 Å². The van der Waals surface area contributed by atoms with E-state index in [0.29, 0.717) is 53.9 Å². The minimum Gasteiger partial charge on any atom is -0.295 e. The van der Waals surface area contributed by atoms with Crippen LogP contribution in [-0.4, -0.2) is 66.7 Å². The van der Waals surface area contributed by atoms with E-state index in [-0.39, 0.29) is 19.0 Å². The van der Waals surface area contributed by atoms with Gasteiger partial charge in [0.15, 0.2) is 0 Å². The summed E-state index contributed by atoms with van der Waals surface area (Å²) < 4.78 is 27.8. The van der Waals surface area contributed by atoms with Crippen molar-refractivity contribution >= 4 is 11.8 Å². The van der Waals surface area contributed by atoms with Crippen molar-refractivity contribution in [1.29, 1.82) is 0 Å². The van der Waals surface area contributed by atoms with E-state index in [4.69, 9.17) is 5.21 Å². The van der Waals surface area contributed by atoms with Crippen LogP contribution in [0.15, 0.2) is 85.3 Å². The summed E-state index contributed by atoms with van der Waals surface area (Å²) in [6.45, 7) is 9.30. The summed E-state index contributed by atoms with van der Waals surface area (Å²) in [5.74, 6) is -1.90. The van der Waals surface area contributed by atoms with E-state index in [1.807, 2.05) is 24.0 Å². The van der Waals surface area contributed by atoms with Gasteiger partial charge in [-0.15, -0.1) is 0 Å². The lowest BCUT2D eigenvalue weighted by Crippen LogP contribution is -2.37. The van der Waals surface area contributed by atoms with E-state index in [1.54, 1.807) is 54.0 Å². The number of carbonyl (C=O) groups is 2. The quantitative estimate of drug-likeness (QED) is 0.0795. The van der Waals surface area contributed by atoms with Crippen LogP contribution < -0.4 is 5.48 Å². The second-order valence-corrected chi connectivity index (χ2v) is 12.5. The number of rotatable bonds is 16. The van der Waals surface area contributed by atoms with Crippen LogP contribution in [0.1, 0.15) is 63.7 Å². The number of amides is 2. The highest BCUT2D eigenvalue weighted by Gasteiger charge is 2.20. The molecule has 48 heavy (non-hydrogen) atoms. The van der Waals surface area contributed by atoms with Gasteiger partial charge in [0.1, 0.15) is 5.82 Å². The first-order valence-corrected chi connectivity index (χ1v) is 15.8. The Bertz CT molecular complexity index is 1620. The van der Waals surface area contributed by atoms with E-state index in [0.717, 1.165) is 29.4 Å². The van der Waals surface area contributed by atoms with Gasteiger partial charge < -0.3 is 0 Å².